The lowest BCUT2D eigenvalue weighted by atomic mass is 10.1. The molecule has 20 heavy (non-hydrogen) atoms. The third-order valence-electron chi connectivity index (χ3n) is 2.58. The average molecular weight is 293 g/mol. The van der Waals surface area contributed by atoms with Crippen molar-refractivity contribution in [2.45, 2.75) is 0 Å². The van der Waals surface area contributed by atoms with Gasteiger partial charge in [0.25, 0.3) is 5.69 Å². The number of carboxylic acids is 1. The van der Waals surface area contributed by atoms with Gasteiger partial charge in [0.05, 0.1) is 15.6 Å². The van der Waals surface area contributed by atoms with E-state index < -0.39 is 16.6 Å². The van der Waals surface area contributed by atoms with Crippen molar-refractivity contribution in [2.75, 3.05) is 5.32 Å². The fraction of sp³-hybridized carbons (Fsp3) is 0. The van der Waals surface area contributed by atoms with Crippen LogP contribution in [0, 0.1) is 10.1 Å². The normalized spacial score (nSPS) is 10.1. The van der Waals surface area contributed by atoms with E-state index in [4.69, 9.17) is 16.7 Å². The lowest BCUT2D eigenvalue weighted by Crippen LogP contribution is -2.03. The number of nitro groups is 1. The Balaban J connectivity index is 2.40. The first-order valence-electron chi connectivity index (χ1n) is 5.52. The minimum atomic E-state index is -1.35. The Morgan fingerprint density at radius 2 is 1.95 bits per heavy atom. The first-order valence-corrected chi connectivity index (χ1v) is 5.90. The Morgan fingerprint density at radius 3 is 2.55 bits per heavy atom. The second-order valence-corrected chi connectivity index (χ2v) is 4.31. The van der Waals surface area contributed by atoms with Crippen molar-refractivity contribution in [1.82, 2.24) is 0 Å². The van der Waals surface area contributed by atoms with E-state index in [0.717, 1.165) is 6.07 Å². The van der Waals surface area contributed by atoms with Crippen molar-refractivity contribution >= 4 is 34.6 Å². The molecule has 0 radical (unpaired) electrons. The fourth-order valence-corrected chi connectivity index (χ4v) is 1.84. The van der Waals surface area contributed by atoms with Gasteiger partial charge in [0.2, 0.25) is 0 Å². The van der Waals surface area contributed by atoms with Crippen molar-refractivity contribution in [2.24, 2.45) is 0 Å². The fourth-order valence-electron chi connectivity index (χ4n) is 1.66. The molecule has 102 valence electrons. The molecular weight excluding hydrogens is 284 g/mol. The first-order chi connectivity index (χ1) is 9.49. The minimum Gasteiger partial charge on any atom is -0.477 e. The SMILES string of the molecule is O=C(O)c1ccc(Nc2ccccc2Cl)cc1[N+](=O)[O-]. The number of carboxylic acid groups (broad SMARTS) is 1. The third kappa shape index (κ3) is 2.86. The number of carbonyl (C=O) groups is 1. The number of aromatic carboxylic acids is 1. The van der Waals surface area contributed by atoms with E-state index in [0.29, 0.717) is 16.4 Å². The smallest absolute Gasteiger partial charge is 0.342 e. The van der Waals surface area contributed by atoms with Gasteiger partial charge < -0.3 is 10.4 Å². The molecule has 0 amide bonds. The number of nitro benzene ring substituents is 1. The van der Waals surface area contributed by atoms with Crippen molar-refractivity contribution in [3.63, 3.8) is 0 Å². The van der Waals surface area contributed by atoms with Gasteiger partial charge in [-0.1, -0.05) is 23.7 Å². The zero-order chi connectivity index (χ0) is 14.7. The van der Waals surface area contributed by atoms with Crippen LogP contribution in [0.4, 0.5) is 17.1 Å². The highest BCUT2D eigenvalue weighted by Gasteiger charge is 2.20. The molecule has 0 aliphatic heterocycles. The third-order valence-corrected chi connectivity index (χ3v) is 2.91. The van der Waals surface area contributed by atoms with E-state index in [9.17, 15) is 14.9 Å². The average Bonchev–Trinajstić information content (AvgIpc) is 2.41. The highest BCUT2D eigenvalue weighted by molar-refractivity contribution is 6.33. The maximum atomic E-state index is 10.9. The molecule has 2 aromatic rings. The van der Waals surface area contributed by atoms with Crippen LogP contribution in [0.5, 0.6) is 0 Å². The van der Waals surface area contributed by atoms with Crippen LogP contribution in [-0.4, -0.2) is 16.0 Å². The van der Waals surface area contributed by atoms with E-state index in [1.165, 1.54) is 12.1 Å². The van der Waals surface area contributed by atoms with Crippen LogP contribution < -0.4 is 5.32 Å². The van der Waals surface area contributed by atoms with Gasteiger partial charge in [-0.2, -0.15) is 0 Å². The molecule has 0 saturated heterocycles. The summed E-state index contributed by atoms with van der Waals surface area (Å²) >= 11 is 5.97. The van der Waals surface area contributed by atoms with Crippen LogP contribution in [0.25, 0.3) is 0 Å². The Kier molecular flexibility index (Phi) is 3.86. The van der Waals surface area contributed by atoms with Gasteiger partial charge in [-0.25, -0.2) is 4.79 Å². The quantitative estimate of drug-likeness (QED) is 0.662. The molecule has 0 aliphatic carbocycles. The second-order valence-electron chi connectivity index (χ2n) is 3.90. The summed E-state index contributed by atoms with van der Waals surface area (Å²) in [5, 5.41) is 23.1. The number of halogens is 1. The zero-order valence-corrected chi connectivity index (χ0v) is 10.8. The number of para-hydroxylation sites is 1. The molecule has 0 aromatic heterocycles. The van der Waals surface area contributed by atoms with E-state index in [1.807, 2.05) is 0 Å². The van der Waals surface area contributed by atoms with Gasteiger partial charge in [-0.15, -0.1) is 0 Å². The Labute approximate surface area is 118 Å². The number of nitrogens with one attached hydrogen (secondary N) is 1. The predicted molar refractivity (Wildman–Crippen MR) is 74.8 cm³/mol. The number of rotatable bonds is 4. The summed E-state index contributed by atoms with van der Waals surface area (Å²) in [7, 11) is 0. The molecule has 2 aromatic carbocycles. The monoisotopic (exact) mass is 292 g/mol. The van der Waals surface area contributed by atoms with E-state index in [1.54, 1.807) is 24.3 Å². The summed E-state index contributed by atoms with van der Waals surface area (Å²) in [5.74, 6) is -1.35. The number of nitrogens with zero attached hydrogens (tertiary/aromatic N) is 1. The maximum absolute atomic E-state index is 10.9. The Hall–Kier alpha value is -2.60. The van der Waals surface area contributed by atoms with Gasteiger partial charge in [0, 0.05) is 11.8 Å². The molecular formula is C13H9ClN2O4. The van der Waals surface area contributed by atoms with Crippen LogP contribution in [-0.2, 0) is 0 Å². The highest BCUT2D eigenvalue weighted by atomic mass is 35.5. The van der Waals surface area contributed by atoms with Gasteiger partial charge in [-0.3, -0.25) is 10.1 Å². The summed E-state index contributed by atoms with van der Waals surface area (Å²) in [6.07, 6.45) is 0. The Morgan fingerprint density at radius 1 is 1.25 bits per heavy atom. The second kappa shape index (κ2) is 5.58. The molecule has 0 saturated carbocycles. The molecule has 0 aliphatic rings. The number of hydrogen-bond acceptors (Lipinski definition) is 4. The molecule has 0 atom stereocenters. The summed E-state index contributed by atoms with van der Waals surface area (Å²) in [4.78, 5) is 21.1. The molecule has 0 heterocycles. The van der Waals surface area contributed by atoms with Gasteiger partial charge in [0.1, 0.15) is 5.56 Å². The molecule has 0 spiro atoms. The van der Waals surface area contributed by atoms with Crippen molar-refractivity contribution in [3.8, 4) is 0 Å². The summed E-state index contributed by atoms with van der Waals surface area (Å²) in [6, 6.07) is 10.7. The van der Waals surface area contributed by atoms with E-state index in [2.05, 4.69) is 5.32 Å². The molecule has 0 unspecified atom stereocenters. The number of anilines is 2. The number of hydrogen-bond donors (Lipinski definition) is 2. The minimum absolute atomic E-state index is 0.361. The van der Waals surface area contributed by atoms with E-state index in [-0.39, 0.29) is 5.56 Å². The first kappa shape index (κ1) is 13.8. The molecule has 7 heteroatoms. The van der Waals surface area contributed by atoms with Crippen LogP contribution in [0.3, 0.4) is 0 Å². The molecule has 6 nitrogen and oxygen atoms in total. The Bertz CT molecular complexity index is 688. The van der Waals surface area contributed by atoms with Crippen LogP contribution >= 0.6 is 11.6 Å². The number of benzene rings is 2. The highest BCUT2D eigenvalue weighted by Crippen LogP contribution is 2.28. The molecule has 0 fully saturated rings. The molecule has 2 N–H and O–H groups in total. The van der Waals surface area contributed by atoms with Crippen LogP contribution in [0.2, 0.25) is 5.02 Å². The lowest BCUT2D eigenvalue weighted by molar-refractivity contribution is -0.385. The van der Waals surface area contributed by atoms with Crippen LogP contribution in [0.1, 0.15) is 10.4 Å². The van der Waals surface area contributed by atoms with Crippen molar-refractivity contribution in [1.29, 1.82) is 0 Å². The zero-order valence-electron chi connectivity index (χ0n) is 10.0. The van der Waals surface area contributed by atoms with Crippen molar-refractivity contribution < 1.29 is 14.8 Å². The standard InChI is InChI=1S/C13H9ClN2O4/c14-10-3-1-2-4-11(10)15-8-5-6-9(13(17)18)12(7-8)16(19)20/h1-7,15H,(H,17,18). The summed E-state index contributed by atoms with van der Waals surface area (Å²) in [5.41, 5.74) is 0.121. The van der Waals surface area contributed by atoms with Crippen LogP contribution in [0.15, 0.2) is 42.5 Å². The summed E-state index contributed by atoms with van der Waals surface area (Å²) in [6.45, 7) is 0. The van der Waals surface area contributed by atoms with Gasteiger partial charge in [-0.05, 0) is 24.3 Å². The lowest BCUT2D eigenvalue weighted by Gasteiger charge is -2.08. The molecule has 0 bridgehead atoms. The van der Waals surface area contributed by atoms with E-state index >= 15 is 0 Å². The maximum Gasteiger partial charge on any atom is 0.342 e. The predicted octanol–water partition coefficient (Wildman–Crippen LogP) is 3.69. The van der Waals surface area contributed by atoms with Gasteiger partial charge >= 0.3 is 5.97 Å². The summed E-state index contributed by atoms with van der Waals surface area (Å²) < 4.78 is 0. The topological polar surface area (TPSA) is 92.5 Å². The largest absolute Gasteiger partial charge is 0.477 e. The van der Waals surface area contributed by atoms with Gasteiger partial charge in [0.15, 0.2) is 0 Å². The molecule has 2 rings (SSSR count). The van der Waals surface area contributed by atoms with Crippen molar-refractivity contribution in [3.05, 3.63) is 63.2 Å².